The van der Waals surface area contributed by atoms with Gasteiger partial charge in [0.15, 0.2) is 11.6 Å². The monoisotopic (exact) mass is 319 g/mol. The van der Waals surface area contributed by atoms with Crippen LogP contribution in [0.1, 0.15) is 5.56 Å². The molecule has 6 heteroatoms. The zero-order valence-corrected chi connectivity index (χ0v) is 11.8. The molecule has 0 amide bonds. The Labute approximate surface area is 124 Å². The van der Waals surface area contributed by atoms with Crippen LogP contribution in [-0.4, -0.2) is 5.11 Å². The Morgan fingerprint density at radius 2 is 1.68 bits per heavy atom. The molecular weight excluding hydrogens is 312 g/mol. The molecule has 0 heterocycles. The fourth-order valence-electron chi connectivity index (χ4n) is 1.56. The quantitative estimate of drug-likeness (QED) is 0.824. The third kappa shape index (κ3) is 3.44. The van der Waals surface area contributed by atoms with E-state index < -0.39 is 5.82 Å². The number of halogens is 4. The number of rotatable bonds is 3. The molecule has 2 rings (SSSR count). The van der Waals surface area contributed by atoms with Gasteiger partial charge < -0.3 is 10.4 Å². The van der Waals surface area contributed by atoms with Gasteiger partial charge in [-0.3, -0.25) is 0 Å². The highest BCUT2D eigenvalue weighted by Gasteiger charge is 2.08. The topological polar surface area (TPSA) is 32.3 Å². The molecule has 2 aromatic carbocycles. The molecule has 0 fully saturated rings. The molecule has 0 aliphatic heterocycles. The molecule has 2 aromatic rings. The van der Waals surface area contributed by atoms with Gasteiger partial charge in [-0.25, -0.2) is 4.39 Å². The number of hydrogen-bond acceptors (Lipinski definition) is 2. The minimum atomic E-state index is -0.674. The van der Waals surface area contributed by atoms with Gasteiger partial charge in [-0.2, -0.15) is 0 Å². The molecule has 0 radical (unpaired) electrons. The Bertz CT molecular complexity index is 596. The molecule has 0 atom stereocenters. The number of anilines is 1. The van der Waals surface area contributed by atoms with Crippen molar-refractivity contribution in [2.75, 3.05) is 5.32 Å². The first-order valence-electron chi connectivity index (χ1n) is 5.33. The van der Waals surface area contributed by atoms with Crippen LogP contribution in [0.5, 0.6) is 5.75 Å². The second-order valence-electron chi connectivity index (χ2n) is 3.88. The van der Waals surface area contributed by atoms with E-state index in [0.29, 0.717) is 32.9 Å². The summed E-state index contributed by atoms with van der Waals surface area (Å²) >= 11 is 17.8. The van der Waals surface area contributed by atoms with Gasteiger partial charge in [-0.1, -0.05) is 40.9 Å². The van der Waals surface area contributed by atoms with Crippen LogP contribution in [0.25, 0.3) is 0 Å². The van der Waals surface area contributed by atoms with Crippen LogP contribution >= 0.6 is 34.8 Å². The summed E-state index contributed by atoms with van der Waals surface area (Å²) in [5, 5.41) is 13.3. The molecule has 0 unspecified atom stereocenters. The summed E-state index contributed by atoms with van der Waals surface area (Å²) in [5.41, 5.74) is 1.18. The predicted octanol–water partition coefficient (Wildman–Crippen LogP) is 5.10. The van der Waals surface area contributed by atoms with E-state index in [1.54, 1.807) is 18.2 Å². The van der Waals surface area contributed by atoms with Gasteiger partial charge in [0.05, 0.1) is 15.7 Å². The Morgan fingerprint density at radius 3 is 2.26 bits per heavy atom. The fourth-order valence-corrected chi connectivity index (χ4v) is 2.51. The standard InChI is InChI=1S/C13H9Cl3FNO/c14-8-4-9(15)13(10(16)5-8)18-6-7-1-2-12(19)11(17)3-7/h1-5,18-19H,6H2. The number of benzene rings is 2. The predicted molar refractivity (Wildman–Crippen MR) is 76.9 cm³/mol. The van der Waals surface area contributed by atoms with Gasteiger partial charge in [-0.05, 0) is 29.8 Å². The molecule has 0 saturated heterocycles. The van der Waals surface area contributed by atoms with E-state index in [9.17, 15) is 4.39 Å². The fraction of sp³-hybridized carbons (Fsp3) is 0.0769. The van der Waals surface area contributed by atoms with E-state index in [2.05, 4.69) is 5.32 Å². The molecule has 0 aromatic heterocycles. The lowest BCUT2D eigenvalue weighted by Crippen LogP contribution is -2.01. The minimum absolute atomic E-state index is 0.318. The summed E-state index contributed by atoms with van der Waals surface area (Å²) in [6.45, 7) is 0.318. The first-order valence-corrected chi connectivity index (χ1v) is 6.46. The van der Waals surface area contributed by atoms with Gasteiger partial charge in [0.1, 0.15) is 0 Å². The molecule has 0 saturated carbocycles. The van der Waals surface area contributed by atoms with Crippen molar-refractivity contribution in [3.05, 3.63) is 56.8 Å². The van der Waals surface area contributed by atoms with Crippen LogP contribution in [0, 0.1) is 5.82 Å². The van der Waals surface area contributed by atoms with E-state index in [4.69, 9.17) is 39.9 Å². The zero-order valence-electron chi connectivity index (χ0n) is 9.55. The van der Waals surface area contributed by atoms with Gasteiger partial charge in [0.25, 0.3) is 0 Å². The van der Waals surface area contributed by atoms with Crippen LogP contribution < -0.4 is 5.32 Å². The van der Waals surface area contributed by atoms with Crippen LogP contribution in [0.3, 0.4) is 0 Å². The number of aromatic hydroxyl groups is 1. The van der Waals surface area contributed by atoms with Crippen molar-refractivity contribution in [3.63, 3.8) is 0 Å². The molecule has 2 nitrogen and oxygen atoms in total. The maximum atomic E-state index is 13.2. The number of phenols is 1. The van der Waals surface area contributed by atoms with Gasteiger partial charge in [0.2, 0.25) is 0 Å². The second-order valence-corrected chi connectivity index (χ2v) is 5.13. The Kier molecular flexibility index (Phi) is 4.40. The highest BCUT2D eigenvalue weighted by molar-refractivity contribution is 6.41. The Morgan fingerprint density at radius 1 is 1.05 bits per heavy atom. The molecule has 19 heavy (non-hydrogen) atoms. The molecule has 0 bridgehead atoms. The van der Waals surface area contributed by atoms with E-state index in [1.807, 2.05) is 0 Å². The largest absolute Gasteiger partial charge is 0.505 e. The minimum Gasteiger partial charge on any atom is -0.505 e. The highest BCUT2D eigenvalue weighted by Crippen LogP contribution is 2.34. The van der Waals surface area contributed by atoms with Crippen molar-refractivity contribution in [3.8, 4) is 5.75 Å². The number of hydrogen-bond donors (Lipinski definition) is 2. The molecule has 100 valence electrons. The van der Waals surface area contributed by atoms with Crippen molar-refractivity contribution in [2.24, 2.45) is 0 Å². The van der Waals surface area contributed by atoms with Crippen LogP contribution in [0.2, 0.25) is 15.1 Å². The maximum Gasteiger partial charge on any atom is 0.165 e. The van der Waals surface area contributed by atoms with E-state index in [-0.39, 0.29) is 5.75 Å². The molecule has 0 aliphatic rings. The van der Waals surface area contributed by atoms with Crippen molar-refractivity contribution >= 4 is 40.5 Å². The molecule has 2 N–H and O–H groups in total. The molecular formula is C13H9Cl3FNO. The first kappa shape index (κ1) is 14.3. The summed E-state index contributed by atoms with van der Waals surface area (Å²) < 4.78 is 13.2. The van der Waals surface area contributed by atoms with Crippen LogP contribution in [0.4, 0.5) is 10.1 Å². The normalized spacial score (nSPS) is 10.5. The third-order valence-electron chi connectivity index (χ3n) is 2.49. The van der Waals surface area contributed by atoms with Gasteiger partial charge in [-0.15, -0.1) is 0 Å². The van der Waals surface area contributed by atoms with Gasteiger partial charge in [0, 0.05) is 11.6 Å². The van der Waals surface area contributed by atoms with Crippen molar-refractivity contribution in [1.82, 2.24) is 0 Å². The summed E-state index contributed by atoms with van der Waals surface area (Å²) in [5.74, 6) is -1.06. The Hall–Kier alpha value is -1.16. The first-order chi connectivity index (χ1) is 8.97. The average Bonchev–Trinajstić information content (AvgIpc) is 2.32. The van der Waals surface area contributed by atoms with Crippen LogP contribution in [-0.2, 0) is 6.54 Å². The highest BCUT2D eigenvalue weighted by atomic mass is 35.5. The van der Waals surface area contributed by atoms with Crippen molar-refractivity contribution < 1.29 is 9.50 Å². The smallest absolute Gasteiger partial charge is 0.165 e. The lowest BCUT2D eigenvalue weighted by Gasteiger charge is -2.11. The maximum absolute atomic E-state index is 13.2. The van der Waals surface area contributed by atoms with E-state index in [1.165, 1.54) is 12.1 Å². The lowest BCUT2D eigenvalue weighted by atomic mass is 10.2. The van der Waals surface area contributed by atoms with Crippen molar-refractivity contribution in [1.29, 1.82) is 0 Å². The SMILES string of the molecule is Oc1ccc(CNc2c(Cl)cc(Cl)cc2Cl)cc1F. The molecule has 0 aliphatic carbocycles. The van der Waals surface area contributed by atoms with E-state index >= 15 is 0 Å². The zero-order chi connectivity index (χ0) is 14.0. The summed E-state index contributed by atoms with van der Waals surface area (Å²) in [4.78, 5) is 0. The summed E-state index contributed by atoms with van der Waals surface area (Å²) in [6.07, 6.45) is 0. The summed E-state index contributed by atoms with van der Waals surface area (Å²) in [7, 11) is 0. The van der Waals surface area contributed by atoms with Crippen LogP contribution in [0.15, 0.2) is 30.3 Å². The summed E-state index contributed by atoms with van der Waals surface area (Å²) in [6, 6.07) is 7.25. The number of nitrogens with one attached hydrogen (secondary N) is 1. The van der Waals surface area contributed by atoms with E-state index in [0.717, 1.165) is 0 Å². The van der Waals surface area contributed by atoms with Crippen molar-refractivity contribution in [2.45, 2.75) is 6.54 Å². The Balaban J connectivity index is 2.16. The average molecular weight is 321 g/mol. The van der Waals surface area contributed by atoms with Gasteiger partial charge >= 0.3 is 0 Å². The molecule has 0 spiro atoms. The third-order valence-corrected chi connectivity index (χ3v) is 3.30. The second kappa shape index (κ2) is 5.87. The number of phenolic OH excluding ortho intramolecular Hbond substituents is 1. The lowest BCUT2D eigenvalue weighted by molar-refractivity contribution is 0.432.